The minimum atomic E-state index is -0.217. The maximum atomic E-state index is 12.0. The number of amides is 2. The van der Waals surface area contributed by atoms with E-state index in [1.54, 1.807) is 30.5 Å². The van der Waals surface area contributed by atoms with Gasteiger partial charge in [0.2, 0.25) is 5.91 Å². The molecule has 1 fully saturated rings. The van der Waals surface area contributed by atoms with Crippen LogP contribution in [0.5, 0.6) is 0 Å². The van der Waals surface area contributed by atoms with Gasteiger partial charge in [-0.05, 0) is 48.7 Å². The predicted octanol–water partition coefficient (Wildman–Crippen LogP) is 3.21. The summed E-state index contributed by atoms with van der Waals surface area (Å²) in [6.45, 7) is 0.322. The quantitative estimate of drug-likeness (QED) is 0.630. The number of aromatic nitrogens is 2. The highest BCUT2D eigenvalue weighted by Gasteiger charge is 2.23. The standard InChI is InChI=1S/C21H19ClN4O2/c22-16-6-9-19-24-18(13-26(19)12-16)11-23-20(27)10-3-14-1-4-15(5-2-14)21(28)25-17-7-8-17/h1-6,9-10,12-13,17H,7-8,11H2,(H,23,27)(H,25,28)/b10-3+. The Balaban J connectivity index is 1.31. The first kappa shape index (κ1) is 18.3. The number of nitrogens with zero attached hydrogens (tertiary/aromatic N) is 2. The van der Waals surface area contributed by atoms with E-state index in [0.29, 0.717) is 23.2 Å². The van der Waals surface area contributed by atoms with E-state index in [4.69, 9.17) is 11.6 Å². The van der Waals surface area contributed by atoms with E-state index in [9.17, 15) is 9.59 Å². The van der Waals surface area contributed by atoms with Gasteiger partial charge < -0.3 is 15.0 Å². The zero-order valence-electron chi connectivity index (χ0n) is 15.1. The average Bonchev–Trinajstić information content (AvgIpc) is 3.41. The van der Waals surface area contributed by atoms with E-state index in [1.165, 1.54) is 6.08 Å². The van der Waals surface area contributed by atoms with Crippen LogP contribution in [-0.4, -0.2) is 27.2 Å². The fourth-order valence-corrected chi connectivity index (χ4v) is 2.92. The van der Waals surface area contributed by atoms with Crippen LogP contribution in [0.2, 0.25) is 5.02 Å². The van der Waals surface area contributed by atoms with Crippen molar-refractivity contribution in [1.82, 2.24) is 20.0 Å². The van der Waals surface area contributed by atoms with Crippen LogP contribution < -0.4 is 10.6 Å². The zero-order chi connectivity index (χ0) is 19.5. The summed E-state index contributed by atoms with van der Waals surface area (Å²) in [7, 11) is 0. The molecule has 0 spiro atoms. The van der Waals surface area contributed by atoms with Crippen molar-refractivity contribution in [1.29, 1.82) is 0 Å². The number of fused-ring (bicyclic) bond motifs is 1. The number of benzene rings is 1. The van der Waals surface area contributed by atoms with Crippen molar-refractivity contribution >= 4 is 35.1 Å². The molecule has 28 heavy (non-hydrogen) atoms. The lowest BCUT2D eigenvalue weighted by Gasteiger charge is -2.03. The minimum Gasteiger partial charge on any atom is -0.349 e. The lowest BCUT2D eigenvalue weighted by atomic mass is 10.1. The van der Waals surface area contributed by atoms with Gasteiger partial charge in [0.15, 0.2) is 0 Å². The number of imidazole rings is 1. The summed E-state index contributed by atoms with van der Waals surface area (Å²) in [6, 6.07) is 11.1. The van der Waals surface area contributed by atoms with Crippen LogP contribution in [0.3, 0.4) is 0 Å². The first-order valence-corrected chi connectivity index (χ1v) is 9.44. The van der Waals surface area contributed by atoms with Gasteiger partial charge in [0, 0.05) is 30.1 Å². The SMILES string of the molecule is O=C(/C=C/c1ccc(C(=O)NC2CC2)cc1)NCc1cn2cc(Cl)ccc2n1. The van der Waals surface area contributed by atoms with Gasteiger partial charge >= 0.3 is 0 Å². The number of halogens is 1. The van der Waals surface area contributed by atoms with Crippen molar-refractivity contribution in [3.63, 3.8) is 0 Å². The van der Waals surface area contributed by atoms with Crippen LogP contribution in [-0.2, 0) is 11.3 Å². The Labute approximate surface area is 167 Å². The molecule has 2 amide bonds. The molecule has 0 unspecified atom stereocenters. The van der Waals surface area contributed by atoms with E-state index in [0.717, 1.165) is 29.7 Å². The molecular weight excluding hydrogens is 376 g/mol. The molecule has 0 atom stereocenters. The number of carbonyl (C=O) groups excluding carboxylic acids is 2. The number of rotatable bonds is 6. The zero-order valence-corrected chi connectivity index (χ0v) is 15.8. The highest BCUT2D eigenvalue weighted by atomic mass is 35.5. The van der Waals surface area contributed by atoms with Gasteiger partial charge in [-0.2, -0.15) is 0 Å². The molecule has 1 aliphatic rings. The largest absolute Gasteiger partial charge is 0.349 e. The van der Waals surface area contributed by atoms with Crippen LogP contribution >= 0.6 is 11.6 Å². The Morgan fingerprint density at radius 2 is 1.93 bits per heavy atom. The molecule has 2 N–H and O–H groups in total. The Morgan fingerprint density at radius 3 is 2.68 bits per heavy atom. The Kier molecular flexibility index (Phi) is 5.12. The Hall–Kier alpha value is -3.12. The second kappa shape index (κ2) is 7.86. The fraction of sp³-hybridized carbons (Fsp3) is 0.190. The minimum absolute atomic E-state index is 0.0514. The normalized spacial score (nSPS) is 13.8. The van der Waals surface area contributed by atoms with Gasteiger partial charge in [-0.15, -0.1) is 0 Å². The van der Waals surface area contributed by atoms with Gasteiger partial charge in [-0.25, -0.2) is 4.98 Å². The molecule has 2 aromatic heterocycles. The molecule has 142 valence electrons. The fourth-order valence-electron chi connectivity index (χ4n) is 2.75. The van der Waals surface area contributed by atoms with Crippen molar-refractivity contribution in [2.75, 3.05) is 0 Å². The Bertz CT molecular complexity index is 1050. The smallest absolute Gasteiger partial charge is 0.251 e. The van der Waals surface area contributed by atoms with Crippen LogP contribution in [0, 0.1) is 0 Å². The number of hydrogen-bond donors (Lipinski definition) is 2. The topological polar surface area (TPSA) is 75.5 Å². The molecule has 1 aliphatic carbocycles. The third kappa shape index (κ3) is 4.58. The molecule has 0 aliphatic heterocycles. The van der Waals surface area contributed by atoms with E-state index in [2.05, 4.69) is 15.6 Å². The summed E-state index contributed by atoms with van der Waals surface area (Å²) in [4.78, 5) is 28.4. The molecule has 0 saturated heterocycles. The maximum Gasteiger partial charge on any atom is 0.251 e. The van der Waals surface area contributed by atoms with Crippen molar-refractivity contribution in [3.05, 3.63) is 76.7 Å². The number of carbonyl (C=O) groups is 2. The van der Waals surface area contributed by atoms with Crippen LogP contribution in [0.15, 0.2) is 54.9 Å². The van der Waals surface area contributed by atoms with Gasteiger partial charge in [-0.3, -0.25) is 9.59 Å². The second-order valence-corrected chi connectivity index (χ2v) is 7.20. The van der Waals surface area contributed by atoms with Gasteiger partial charge in [-0.1, -0.05) is 23.7 Å². The lowest BCUT2D eigenvalue weighted by molar-refractivity contribution is -0.116. The summed E-state index contributed by atoms with van der Waals surface area (Å²) in [5.74, 6) is -0.268. The average molecular weight is 395 g/mol. The maximum absolute atomic E-state index is 12.0. The van der Waals surface area contributed by atoms with Gasteiger partial charge in [0.1, 0.15) is 5.65 Å². The summed E-state index contributed by atoms with van der Waals surface area (Å²) >= 11 is 5.96. The van der Waals surface area contributed by atoms with Crippen molar-refractivity contribution in [3.8, 4) is 0 Å². The molecule has 1 aromatic carbocycles. The third-order valence-electron chi connectivity index (χ3n) is 4.42. The van der Waals surface area contributed by atoms with Crippen molar-refractivity contribution in [2.45, 2.75) is 25.4 Å². The second-order valence-electron chi connectivity index (χ2n) is 6.77. The highest BCUT2D eigenvalue weighted by Crippen LogP contribution is 2.19. The molecular formula is C21H19ClN4O2. The monoisotopic (exact) mass is 394 g/mol. The molecule has 0 bridgehead atoms. The molecule has 7 heteroatoms. The number of hydrogen-bond acceptors (Lipinski definition) is 3. The molecule has 0 radical (unpaired) electrons. The molecule has 3 aromatic rings. The van der Waals surface area contributed by atoms with Crippen LogP contribution in [0.1, 0.15) is 34.5 Å². The first-order chi connectivity index (χ1) is 13.6. The number of pyridine rings is 1. The summed E-state index contributed by atoms with van der Waals surface area (Å²) < 4.78 is 1.82. The summed E-state index contributed by atoms with van der Waals surface area (Å²) in [5.41, 5.74) is 2.99. The third-order valence-corrected chi connectivity index (χ3v) is 4.64. The van der Waals surface area contributed by atoms with Crippen LogP contribution in [0.25, 0.3) is 11.7 Å². The Morgan fingerprint density at radius 1 is 1.14 bits per heavy atom. The first-order valence-electron chi connectivity index (χ1n) is 9.07. The summed E-state index contributed by atoms with van der Waals surface area (Å²) in [5, 5.41) is 6.38. The number of nitrogens with one attached hydrogen (secondary N) is 2. The van der Waals surface area contributed by atoms with Crippen molar-refractivity contribution < 1.29 is 9.59 Å². The molecule has 6 nitrogen and oxygen atoms in total. The van der Waals surface area contributed by atoms with E-state index in [-0.39, 0.29) is 11.8 Å². The highest BCUT2D eigenvalue weighted by molar-refractivity contribution is 6.30. The predicted molar refractivity (Wildman–Crippen MR) is 108 cm³/mol. The van der Waals surface area contributed by atoms with Gasteiger partial charge in [0.25, 0.3) is 5.91 Å². The van der Waals surface area contributed by atoms with Crippen molar-refractivity contribution in [2.24, 2.45) is 0 Å². The van der Waals surface area contributed by atoms with E-state index >= 15 is 0 Å². The molecule has 4 rings (SSSR count). The lowest BCUT2D eigenvalue weighted by Crippen LogP contribution is -2.25. The van der Waals surface area contributed by atoms with Crippen LogP contribution in [0.4, 0.5) is 0 Å². The van der Waals surface area contributed by atoms with Gasteiger partial charge in [0.05, 0.1) is 17.3 Å². The summed E-state index contributed by atoms with van der Waals surface area (Å²) in [6.07, 6.45) is 8.89. The molecule has 1 saturated carbocycles. The van der Waals surface area contributed by atoms with E-state index < -0.39 is 0 Å². The molecule has 2 heterocycles. The van der Waals surface area contributed by atoms with E-state index in [1.807, 2.05) is 28.8 Å².